The molecule has 78 valence electrons. The van der Waals surface area contributed by atoms with Crippen molar-refractivity contribution in [3.63, 3.8) is 0 Å². The normalized spacial score (nSPS) is 12.5. The Hall–Kier alpha value is -0.280. The maximum absolute atomic E-state index is 10.7. The second kappa shape index (κ2) is 8.32. The van der Waals surface area contributed by atoms with Gasteiger partial charge in [0, 0.05) is 6.42 Å². The third-order valence-corrected chi connectivity index (χ3v) is 2.02. The number of aliphatic hydroxyl groups is 1. The number of ether oxygens (including phenoxy) is 1. The van der Waals surface area contributed by atoms with Gasteiger partial charge in [-0.25, -0.2) is 0 Å². The van der Waals surface area contributed by atoms with Crippen LogP contribution in [-0.2, 0) is 9.53 Å². The average Bonchev–Trinajstić information content (AvgIpc) is 2.10. The number of alkyl halides is 1. The molecule has 4 heteroatoms. The summed E-state index contributed by atoms with van der Waals surface area (Å²) in [6, 6.07) is 0. The fourth-order valence-electron chi connectivity index (χ4n) is 1.04. The maximum Gasteiger partial charge on any atom is 0.305 e. The molecule has 0 fully saturated rings. The van der Waals surface area contributed by atoms with Crippen LogP contribution in [0.25, 0.3) is 0 Å². The van der Waals surface area contributed by atoms with Gasteiger partial charge in [0.25, 0.3) is 0 Å². The Bertz CT molecular complexity index is 137. The molecule has 1 atom stereocenters. The van der Waals surface area contributed by atoms with Crippen LogP contribution in [0.1, 0.15) is 38.5 Å². The summed E-state index contributed by atoms with van der Waals surface area (Å²) in [4.78, 5) is 10.7. The molecule has 0 spiro atoms. The lowest BCUT2D eigenvalue weighted by Crippen LogP contribution is -1.99. The Balaban J connectivity index is 3.04. The van der Waals surface area contributed by atoms with E-state index in [4.69, 9.17) is 16.7 Å². The first-order valence-electron chi connectivity index (χ1n) is 4.55. The van der Waals surface area contributed by atoms with Crippen molar-refractivity contribution in [2.45, 2.75) is 44.1 Å². The lowest BCUT2D eigenvalue weighted by Gasteiger charge is -2.01. The fourth-order valence-corrected chi connectivity index (χ4v) is 1.19. The second-order valence-electron chi connectivity index (χ2n) is 2.96. The van der Waals surface area contributed by atoms with Crippen molar-refractivity contribution in [2.24, 2.45) is 0 Å². The van der Waals surface area contributed by atoms with Crippen LogP contribution in [0.15, 0.2) is 0 Å². The van der Waals surface area contributed by atoms with Gasteiger partial charge in [-0.15, -0.1) is 0 Å². The van der Waals surface area contributed by atoms with E-state index in [0.717, 1.165) is 25.7 Å². The van der Waals surface area contributed by atoms with E-state index in [1.165, 1.54) is 7.11 Å². The minimum absolute atomic E-state index is 0.155. The topological polar surface area (TPSA) is 46.5 Å². The van der Waals surface area contributed by atoms with Crippen LogP contribution in [0.4, 0.5) is 0 Å². The van der Waals surface area contributed by atoms with E-state index in [-0.39, 0.29) is 5.97 Å². The van der Waals surface area contributed by atoms with Crippen LogP contribution >= 0.6 is 11.6 Å². The number of carbonyl (C=O) groups is 1. The smallest absolute Gasteiger partial charge is 0.305 e. The Morgan fingerprint density at radius 3 is 2.54 bits per heavy atom. The molecular formula is C9H17ClO3. The van der Waals surface area contributed by atoms with Gasteiger partial charge < -0.3 is 9.84 Å². The molecule has 0 aromatic carbocycles. The summed E-state index contributed by atoms with van der Waals surface area (Å²) in [6.07, 6.45) is 4.86. The van der Waals surface area contributed by atoms with Crippen molar-refractivity contribution in [3.8, 4) is 0 Å². The molecule has 0 aromatic rings. The summed E-state index contributed by atoms with van der Waals surface area (Å²) < 4.78 is 4.49. The van der Waals surface area contributed by atoms with Gasteiger partial charge in [-0.05, 0) is 19.3 Å². The summed E-state index contributed by atoms with van der Waals surface area (Å²) in [6.45, 7) is 0. The molecule has 0 heterocycles. The van der Waals surface area contributed by atoms with Gasteiger partial charge in [0.2, 0.25) is 0 Å². The summed E-state index contributed by atoms with van der Waals surface area (Å²) in [5, 5.41) is 8.73. The van der Waals surface area contributed by atoms with Crippen molar-refractivity contribution in [1.29, 1.82) is 0 Å². The molecule has 0 aliphatic carbocycles. The molecule has 3 nitrogen and oxygen atoms in total. The van der Waals surface area contributed by atoms with Gasteiger partial charge in [0.05, 0.1) is 7.11 Å². The molecule has 0 amide bonds. The first kappa shape index (κ1) is 12.7. The number of methoxy groups -OCH3 is 1. The van der Waals surface area contributed by atoms with Crippen molar-refractivity contribution >= 4 is 17.6 Å². The molecule has 0 bridgehead atoms. The first-order chi connectivity index (χ1) is 6.16. The molecule has 1 N–H and O–H groups in total. The molecule has 0 saturated heterocycles. The highest BCUT2D eigenvalue weighted by molar-refractivity contribution is 6.19. The zero-order chi connectivity index (χ0) is 10.1. The zero-order valence-electron chi connectivity index (χ0n) is 7.96. The largest absolute Gasteiger partial charge is 0.469 e. The average molecular weight is 209 g/mol. The lowest BCUT2D eigenvalue weighted by atomic mass is 10.1. The van der Waals surface area contributed by atoms with Gasteiger partial charge in [-0.1, -0.05) is 24.4 Å². The number of aliphatic hydroxyl groups excluding tert-OH is 1. The van der Waals surface area contributed by atoms with E-state index in [9.17, 15) is 4.79 Å². The number of esters is 1. The molecule has 0 saturated carbocycles. The van der Waals surface area contributed by atoms with Crippen molar-refractivity contribution in [3.05, 3.63) is 0 Å². The molecule has 1 unspecified atom stereocenters. The summed E-state index contributed by atoms with van der Waals surface area (Å²) >= 11 is 5.34. The van der Waals surface area contributed by atoms with E-state index < -0.39 is 5.56 Å². The minimum atomic E-state index is -0.722. The van der Waals surface area contributed by atoms with Crippen LogP contribution in [0.3, 0.4) is 0 Å². The zero-order valence-corrected chi connectivity index (χ0v) is 8.72. The molecule has 0 aliphatic heterocycles. The van der Waals surface area contributed by atoms with E-state index >= 15 is 0 Å². The van der Waals surface area contributed by atoms with E-state index in [0.29, 0.717) is 12.8 Å². The van der Waals surface area contributed by atoms with E-state index in [1.54, 1.807) is 0 Å². The number of rotatable bonds is 7. The highest BCUT2D eigenvalue weighted by Gasteiger charge is 2.00. The molecule has 0 aromatic heterocycles. The summed E-state index contributed by atoms with van der Waals surface area (Å²) in [5.74, 6) is -0.155. The number of hydrogen-bond donors (Lipinski definition) is 1. The molecule has 0 aliphatic rings. The quantitative estimate of drug-likeness (QED) is 0.396. The van der Waals surface area contributed by atoms with Crippen molar-refractivity contribution in [1.82, 2.24) is 0 Å². The highest BCUT2D eigenvalue weighted by atomic mass is 35.5. The monoisotopic (exact) mass is 208 g/mol. The predicted octanol–water partition coefficient (Wildman–Crippen LogP) is 2.06. The standard InChI is InChI=1S/C9H17ClO3/c1-13-9(12)7-5-3-2-4-6-8(10)11/h8,11H,2-7H2,1H3. The Morgan fingerprint density at radius 2 is 2.00 bits per heavy atom. The van der Waals surface area contributed by atoms with Gasteiger partial charge in [0.1, 0.15) is 5.56 Å². The molecule has 0 radical (unpaired) electrons. The second-order valence-corrected chi connectivity index (χ2v) is 3.47. The van der Waals surface area contributed by atoms with E-state index in [1.807, 2.05) is 0 Å². The maximum atomic E-state index is 10.7. The number of carbonyl (C=O) groups excluding carboxylic acids is 1. The van der Waals surface area contributed by atoms with Crippen molar-refractivity contribution < 1.29 is 14.6 Å². The van der Waals surface area contributed by atoms with Crippen LogP contribution in [0, 0.1) is 0 Å². The Morgan fingerprint density at radius 1 is 1.38 bits per heavy atom. The minimum Gasteiger partial charge on any atom is -0.469 e. The van der Waals surface area contributed by atoms with Gasteiger partial charge in [0.15, 0.2) is 0 Å². The molecular weight excluding hydrogens is 192 g/mol. The van der Waals surface area contributed by atoms with Crippen molar-refractivity contribution in [2.75, 3.05) is 7.11 Å². The van der Waals surface area contributed by atoms with Gasteiger partial charge in [-0.3, -0.25) is 4.79 Å². The molecule has 0 rings (SSSR count). The SMILES string of the molecule is COC(=O)CCCCCCC(O)Cl. The number of unbranched alkanes of at least 4 members (excludes halogenated alkanes) is 3. The third-order valence-electron chi connectivity index (χ3n) is 1.80. The van der Waals surface area contributed by atoms with Gasteiger partial charge >= 0.3 is 5.97 Å². The van der Waals surface area contributed by atoms with Crippen LogP contribution in [0.5, 0.6) is 0 Å². The highest BCUT2D eigenvalue weighted by Crippen LogP contribution is 2.09. The fraction of sp³-hybridized carbons (Fsp3) is 0.889. The Kier molecular flexibility index (Phi) is 8.14. The van der Waals surface area contributed by atoms with E-state index in [2.05, 4.69) is 4.74 Å². The summed E-state index contributed by atoms with van der Waals surface area (Å²) in [7, 11) is 1.40. The third kappa shape index (κ3) is 9.64. The van der Waals surface area contributed by atoms with Gasteiger partial charge in [-0.2, -0.15) is 0 Å². The summed E-state index contributed by atoms with van der Waals surface area (Å²) in [5.41, 5.74) is -0.722. The van der Waals surface area contributed by atoms with Crippen LogP contribution in [0.2, 0.25) is 0 Å². The number of hydrogen-bond acceptors (Lipinski definition) is 3. The Labute approximate surface area is 84.0 Å². The lowest BCUT2D eigenvalue weighted by molar-refractivity contribution is -0.140. The molecule has 13 heavy (non-hydrogen) atoms. The van der Waals surface area contributed by atoms with Crippen LogP contribution < -0.4 is 0 Å². The first-order valence-corrected chi connectivity index (χ1v) is 4.99. The van der Waals surface area contributed by atoms with Crippen LogP contribution in [-0.4, -0.2) is 23.7 Å². The predicted molar refractivity (Wildman–Crippen MR) is 51.6 cm³/mol. The number of halogens is 1.